The molecule has 2 rings (SSSR count). The zero-order valence-electron chi connectivity index (χ0n) is 11.3. The van der Waals surface area contributed by atoms with Crippen molar-refractivity contribution in [3.05, 3.63) is 35.4 Å². The van der Waals surface area contributed by atoms with Gasteiger partial charge in [0.25, 0.3) is 0 Å². The van der Waals surface area contributed by atoms with Crippen molar-refractivity contribution in [2.45, 2.75) is 50.2 Å². The van der Waals surface area contributed by atoms with Crippen molar-refractivity contribution < 1.29 is 9.53 Å². The number of cyclic esters (lactones) is 1. The van der Waals surface area contributed by atoms with Crippen LogP contribution >= 0.6 is 11.8 Å². The molecule has 2 nitrogen and oxygen atoms in total. The van der Waals surface area contributed by atoms with Crippen LogP contribution in [0.2, 0.25) is 0 Å². The van der Waals surface area contributed by atoms with Crippen LogP contribution < -0.4 is 0 Å². The lowest BCUT2D eigenvalue weighted by Crippen LogP contribution is -2.13. The molecule has 1 aromatic rings. The Bertz CT molecular complexity index is 425. The van der Waals surface area contributed by atoms with Gasteiger partial charge in [-0.25, -0.2) is 0 Å². The summed E-state index contributed by atoms with van der Waals surface area (Å²) in [6.07, 6.45) is 0. The van der Waals surface area contributed by atoms with Crippen LogP contribution in [0.3, 0.4) is 0 Å². The molecule has 0 saturated carbocycles. The van der Waals surface area contributed by atoms with E-state index in [1.807, 2.05) is 6.92 Å². The molecule has 3 unspecified atom stereocenters. The average Bonchev–Trinajstić information content (AvgIpc) is 2.69. The summed E-state index contributed by atoms with van der Waals surface area (Å²) >= 11 is 1.62. The van der Waals surface area contributed by atoms with E-state index in [2.05, 4.69) is 45.0 Å². The number of thioether (sulfide) groups is 1. The van der Waals surface area contributed by atoms with Gasteiger partial charge in [-0.15, -0.1) is 11.8 Å². The third kappa shape index (κ3) is 2.72. The molecule has 3 heteroatoms. The maximum absolute atomic E-state index is 11.4. The standard InChI is InChI=1S/C15H20O2S/c1-9(2)12-5-7-13(8-6-12)10(3)15-17-14(16)11(4)18-15/h5-11,15H,1-4H3. The van der Waals surface area contributed by atoms with Crippen molar-refractivity contribution in [1.82, 2.24) is 0 Å². The monoisotopic (exact) mass is 264 g/mol. The predicted molar refractivity (Wildman–Crippen MR) is 75.9 cm³/mol. The van der Waals surface area contributed by atoms with Crippen LogP contribution in [0, 0.1) is 0 Å². The Kier molecular flexibility index (Phi) is 4.00. The highest BCUT2D eigenvalue weighted by Crippen LogP contribution is 2.37. The minimum atomic E-state index is -0.0874. The molecule has 0 amide bonds. The van der Waals surface area contributed by atoms with Crippen molar-refractivity contribution in [3.8, 4) is 0 Å². The first-order chi connectivity index (χ1) is 8.49. The molecular formula is C15H20O2S. The molecule has 1 aliphatic heterocycles. The molecular weight excluding hydrogens is 244 g/mol. The molecule has 18 heavy (non-hydrogen) atoms. The van der Waals surface area contributed by atoms with Crippen molar-refractivity contribution in [2.24, 2.45) is 0 Å². The summed E-state index contributed by atoms with van der Waals surface area (Å²) in [6, 6.07) is 8.64. The topological polar surface area (TPSA) is 26.3 Å². The van der Waals surface area contributed by atoms with Crippen LogP contribution in [0.15, 0.2) is 24.3 Å². The molecule has 0 radical (unpaired) electrons. The van der Waals surface area contributed by atoms with Crippen LogP contribution in [0.25, 0.3) is 0 Å². The highest BCUT2D eigenvalue weighted by molar-refractivity contribution is 8.01. The predicted octanol–water partition coefficient (Wildman–Crippen LogP) is 3.92. The van der Waals surface area contributed by atoms with E-state index in [0.717, 1.165) is 0 Å². The number of hydrogen-bond acceptors (Lipinski definition) is 3. The molecule has 3 atom stereocenters. The fraction of sp³-hybridized carbons (Fsp3) is 0.533. The van der Waals surface area contributed by atoms with Crippen molar-refractivity contribution >= 4 is 17.7 Å². The van der Waals surface area contributed by atoms with Gasteiger partial charge in [0.1, 0.15) is 5.25 Å². The second kappa shape index (κ2) is 5.35. The van der Waals surface area contributed by atoms with Crippen LogP contribution in [0.5, 0.6) is 0 Å². The normalized spacial score (nSPS) is 25.3. The van der Waals surface area contributed by atoms with Crippen LogP contribution in [0.4, 0.5) is 0 Å². The number of carbonyl (C=O) groups is 1. The Labute approximate surface area is 113 Å². The molecule has 0 N–H and O–H groups in total. The minimum Gasteiger partial charge on any atom is -0.450 e. The number of esters is 1. The van der Waals surface area contributed by atoms with Gasteiger partial charge in [-0.3, -0.25) is 4.79 Å². The minimum absolute atomic E-state index is 0.0348. The number of benzene rings is 1. The van der Waals surface area contributed by atoms with Gasteiger partial charge in [-0.2, -0.15) is 0 Å². The third-order valence-corrected chi connectivity index (χ3v) is 4.81. The molecule has 0 bridgehead atoms. The summed E-state index contributed by atoms with van der Waals surface area (Å²) in [5, 5.41) is -0.0348. The van der Waals surface area contributed by atoms with E-state index in [9.17, 15) is 4.79 Å². The molecule has 0 aromatic heterocycles. The molecule has 1 aromatic carbocycles. The maximum atomic E-state index is 11.4. The van der Waals surface area contributed by atoms with Gasteiger partial charge in [0, 0.05) is 5.92 Å². The molecule has 1 saturated heterocycles. The van der Waals surface area contributed by atoms with Crippen LogP contribution in [-0.2, 0) is 9.53 Å². The quantitative estimate of drug-likeness (QED) is 0.774. The Balaban J connectivity index is 2.09. The lowest BCUT2D eigenvalue weighted by molar-refractivity contribution is -0.142. The van der Waals surface area contributed by atoms with Gasteiger partial charge >= 0.3 is 5.97 Å². The first-order valence-electron chi connectivity index (χ1n) is 6.45. The molecule has 1 aliphatic rings. The Hall–Kier alpha value is -0.960. The Morgan fingerprint density at radius 2 is 1.67 bits per heavy atom. The van der Waals surface area contributed by atoms with Gasteiger partial charge in [0.05, 0.1) is 0 Å². The lowest BCUT2D eigenvalue weighted by Gasteiger charge is -2.18. The van der Waals surface area contributed by atoms with E-state index in [-0.39, 0.29) is 22.6 Å². The first-order valence-corrected chi connectivity index (χ1v) is 7.39. The van der Waals surface area contributed by atoms with Gasteiger partial charge in [-0.1, -0.05) is 45.0 Å². The third-order valence-electron chi connectivity index (χ3n) is 3.44. The van der Waals surface area contributed by atoms with E-state index in [1.54, 1.807) is 11.8 Å². The smallest absolute Gasteiger partial charge is 0.320 e. The van der Waals surface area contributed by atoms with Crippen molar-refractivity contribution in [2.75, 3.05) is 0 Å². The van der Waals surface area contributed by atoms with Gasteiger partial charge < -0.3 is 4.74 Å². The fourth-order valence-corrected chi connectivity index (χ4v) is 3.17. The summed E-state index contributed by atoms with van der Waals surface area (Å²) in [5.41, 5.74) is 2.53. The van der Waals surface area contributed by atoms with E-state index in [0.29, 0.717) is 5.92 Å². The zero-order chi connectivity index (χ0) is 13.3. The largest absolute Gasteiger partial charge is 0.450 e. The van der Waals surface area contributed by atoms with Crippen molar-refractivity contribution in [3.63, 3.8) is 0 Å². The Morgan fingerprint density at radius 1 is 1.11 bits per heavy atom. The number of ether oxygens (including phenoxy) is 1. The molecule has 1 heterocycles. The number of hydrogen-bond donors (Lipinski definition) is 0. The van der Waals surface area contributed by atoms with E-state index >= 15 is 0 Å². The molecule has 0 spiro atoms. The molecule has 98 valence electrons. The fourth-order valence-electron chi connectivity index (χ4n) is 2.06. The number of rotatable bonds is 3. The van der Waals surface area contributed by atoms with E-state index in [1.165, 1.54) is 11.1 Å². The second-order valence-electron chi connectivity index (χ2n) is 5.19. The van der Waals surface area contributed by atoms with Gasteiger partial charge in [0.15, 0.2) is 5.44 Å². The maximum Gasteiger partial charge on any atom is 0.320 e. The second-order valence-corrected chi connectivity index (χ2v) is 6.64. The number of carbonyl (C=O) groups excluding carboxylic acids is 1. The van der Waals surface area contributed by atoms with Gasteiger partial charge in [0.2, 0.25) is 0 Å². The highest BCUT2D eigenvalue weighted by Gasteiger charge is 2.35. The lowest BCUT2D eigenvalue weighted by atomic mass is 9.96. The highest BCUT2D eigenvalue weighted by atomic mass is 32.2. The average molecular weight is 264 g/mol. The van der Waals surface area contributed by atoms with Crippen LogP contribution in [-0.4, -0.2) is 16.7 Å². The van der Waals surface area contributed by atoms with E-state index < -0.39 is 0 Å². The summed E-state index contributed by atoms with van der Waals surface area (Å²) in [7, 11) is 0. The summed E-state index contributed by atoms with van der Waals surface area (Å²) in [4.78, 5) is 11.4. The molecule has 1 fully saturated rings. The molecule has 0 aliphatic carbocycles. The van der Waals surface area contributed by atoms with E-state index in [4.69, 9.17) is 4.74 Å². The summed E-state index contributed by atoms with van der Waals surface area (Å²) in [5.74, 6) is 0.703. The summed E-state index contributed by atoms with van der Waals surface area (Å²) < 4.78 is 5.39. The summed E-state index contributed by atoms with van der Waals surface area (Å²) in [6.45, 7) is 8.40. The zero-order valence-corrected chi connectivity index (χ0v) is 12.2. The Morgan fingerprint density at radius 3 is 2.11 bits per heavy atom. The van der Waals surface area contributed by atoms with Gasteiger partial charge in [-0.05, 0) is 24.0 Å². The SMILES string of the molecule is CC1SC(C(C)c2ccc(C(C)C)cc2)OC1=O. The van der Waals surface area contributed by atoms with Crippen LogP contribution in [0.1, 0.15) is 50.7 Å². The van der Waals surface area contributed by atoms with Crippen molar-refractivity contribution in [1.29, 1.82) is 0 Å². The first kappa shape index (κ1) is 13.5.